The molecule has 0 spiro atoms. The van der Waals surface area contributed by atoms with Gasteiger partial charge in [-0.3, -0.25) is 4.79 Å². The van der Waals surface area contributed by atoms with E-state index in [-0.39, 0.29) is 28.3 Å². The maximum absolute atomic E-state index is 12.9. The second kappa shape index (κ2) is 8.15. The molecule has 24 heavy (non-hydrogen) atoms. The third-order valence-electron chi connectivity index (χ3n) is 3.95. The highest BCUT2D eigenvalue weighted by atomic mass is 35.5. The molecule has 1 aromatic carbocycles. The van der Waals surface area contributed by atoms with E-state index in [2.05, 4.69) is 5.32 Å². The van der Waals surface area contributed by atoms with Crippen molar-refractivity contribution >= 4 is 27.5 Å². The van der Waals surface area contributed by atoms with Crippen molar-refractivity contribution in [2.45, 2.75) is 17.7 Å². The van der Waals surface area contributed by atoms with Crippen molar-refractivity contribution in [1.82, 2.24) is 9.62 Å². The van der Waals surface area contributed by atoms with Gasteiger partial charge >= 0.3 is 0 Å². The number of rotatable bonds is 6. The largest absolute Gasteiger partial charge is 0.497 e. The van der Waals surface area contributed by atoms with Crippen molar-refractivity contribution in [3.05, 3.63) is 23.2 Å². The molecule has 0 saturated carbocycles. The quantitative estimate of drug-likeness (QED) is 0.766. The second-order valence-corrected chi connectivity index (χ2v) is 7.89. The first kappa shape index (κ1) is 19.0. The third kappa shape index (κ3) is 4.18. The molecule has 134 valence electrons. The molecule has 7 nitrogen and oxygen atoms in total. The lowest BCUT2D eigenvalue weighted by Gasteiger charge is -2.31. The van der Waals surface area contributed by atoms with Gasteiger partial charge in [0, 0.05) is 32.2 Å². The molecule has 1 fully saturated rings. The molecule has 0 bridgehead atoms. The second-order valence-electron chi connectivity index (χ2n) is 5.58. The molecule has 1 unspecified atom stereocenters. The summed E-state index contributed by atoms with van der Waals surface area (Å²) in [5.41, 5.74) is 5.38. The number of benzene rings is 1. The van der Waals surface area contributed by atoms with E-state index in [1.165, 1.54) is 23.5 Å². The van der Waals surface area contributed by atoms with E-state index in [0.29, 0.717) is 38.2 Å². The first-order valence-electron chi connectivity index (χ1n) is 7.71. The standard InChI is InChI=1S/C15H22ClN3O4S/c1-23-12-4-5-13(16)14(9-12)24(21,22)19-8-2-3-11(10-19)15(20)18-7-6-17/h4-5,9,11H,2-3,6-8,10,17H2,1H3,(H,18,20). The van der Waals surface area contributed by atoms with E-state index >= 15 is 0 Å². The van der Waals surface area contributed by atoms with Gasteiger partial charge in [-0.25, -0.2) is 8.42 Å². The number of hydrogen-bond donors (Lipinski definition) is 2. The fraction of sp³-hybridized carbons (Fsp3) is 0.533. The average Bonchev–Trinajstić information content (AvgIpc) is 2.60. The molecule has 1 aromatic rings. The minimum atomic E-state index is -3.80. The third-order valence-corrected chi connectivity index (χ3v) is 6.30. The fourth-order valence-corrected chi connectivity index (χ4v) is 4.68. The Morgan fingerprint density at radius 3 is 2.92 bits per heavy atom. The van der Waals surface area contributed by atoms with Crippen LogP contribution >= 0.6 is 11.6 Å². The number of piperidine rings is 1. The molecule has 1 atom stereocenters. The van der Waals surface area contributed by atoms with Crippen LogP contribution in [-0.4, -0.2) is 51.9 Å². The van der Waals surface area contributed by atoms with Crippen LogP contribution in [0.15, 0.2) is 23.1 Å². The molecule has 1 aliphatic heterocycles. The van der Waals surface area contributed by atoms with Gasteiger partial charge < -0.3 is 15.8 Å². The number of hydrogen-bond acceptors (Lipinski definition) is 5. The SMILES string of the molecule is COc1ccc(Cl)c(S(=O)(=O)N2CCCC(C(=O)NCCN)C2)c1. The number of nitrogens with one attached hydrogen (secondary N) is 1. The van der Waals surface area contributed by atoms with Crippen molar-refractivity contribution in [1.29, 1.82) is 0 Å². The van der Waals surface area contributed by atoms with Crippen molar-refractivity contribution in [3.8, 4) is 5.75 Å². The molecule has 9 heteroatoms. The molecule has 0 aliphatic carbocycles. The number of carbonyl (C=O) groups excluding carboxylic acids is 1. The minimum Gasteiger partial charge on any atom is -0.497 e. The van der Waals surface area contributed by atoms with Gasteiger partial charge in [0.1, 0.15) is 10.6 Å². The van der Waals surface area contributed by atoms with Crippen molar-refractivity contribution in [3.63, 3.8) is 0 Å². The zero-order chi connectivity index (χ0) is 17.7. The van der Waals surface area contributed by atoms with Gasteiger partial charge in [0.2, 0.25) is 15.9 Å². The highest BCUT2D eigenvalue weighted by Gasteiger charge is 2.34. The van der Waals surface area contributed by atoms with E-state index in [1.54, 1.807) is 6.07 Å². The van der Waals surface area contributed by atoms with Crippen LogP contribution in [0, 0.1) is 5.92 Å². The summed E-state index contributed by atoms with van der Waals surface area (Å²) in [6, 6.07) is 4.49. The lowest BCUT2D eigenvalue weighted by molar-refractivity contribution is -0.126. The molecule has 3 N–H and O–H groups in total. The van der Waals surface area contributed by atoms with Crippen LogP contribution in [0.4, 0.5) is 0 Å². The molecule has 1 aliphatic rings. The van der Waals surface area contributed by atoms with Gasteiger partial charge in [0.25, 0.3) is 0 Å². The summed E-state index contributed by atoms with van der Waals surface area (Å²) in [5.74, 6) is -0.145. The Balaban J connectivity index is 2.21. The van der Waals surface area contributed by atoms with Crippen molar-refractivity contribution < 1.29 is 17.9 Å². The maximum atomic E-state index is 12.9. The van der Waals surface area contributed by atoms with Crippen molar-refractivity contribution in [2.75, 3.05) is 33.3 Å². The Kier molecular flexibility index (Phi) is 6.45. The van der Waals surface area contributed by atoms with Crippen LogP contribution in [-0.2, 0) is 14.8 Å². The van der Waals surface area contributed by atoms with Gasteiger partial charge in [-0.05, 0) is 25.0 Å². The number of nitrogens with zero attached hydrogens (tertiary/aromatic N) is 1. The zero-order valence-electron chi connectivity index (χ0n) is 13.5. The monoisotopic (exact) mass is 375 g/mol. The van der Waals surface area contributed by atoms with Crippen LogP contribution < -0.4 is 15.8 Å². The number of halogens is 1. The number of sulfonamides is 1. The summed E-state index contributed by atoms with van der Waals surface area (Å²) in [6.07, 6.45) is 1.26. The summed E-state index contributed by atoms with van der Waals surface area (Å²) < 4.78 is 32.2. The minimum absolute atomic E-state index is 0.00784. The summed E-state index contributed by atoms with van der Waals surface area (Å²) in [5, 5.41) is 2.84. The first-order valence-corrected chi connectivity index (χ1v) is 9.53. The number of amides is 1. The molecule has 1 heterocycles. The van der Waals surface area contributed by atoms with Crippen LogP contribution in [0.3, 0.4) is 0 Å². The van der Waals surface area contributed by atoms with Gasteiger partial charge in [0.15, 0.2) is 0 Å². The average molecular weight is 376 g/mol. The highest BCUT2D eigenvalue weighted by molar-refractivity contribution is 7.89. The predicted molar refractivity (Wildman–Crippen MR) is 91.6 cm³/mol. The van der Waals surface area contributed by atoms with Crippen LogP contribution in [0.5, 0.6) is 5.75 Å². The van der Waals surface area contributed by atoms with Gasteiger partial charge in [0.05, 0.1) is 18.1 Å². The molecular formula is C15H22ClN3O4S. The number of carbonyl (C=O) groups is 1. The normalized spacial score (nSPS) is 19.0. The smallest absolute Gasteiger partial charge is 0.244 e. The Morgan fingerprint density at radius 1 is 1.50 bits per heavy atom. The molecule has 1 amide bonds. The van der Waals surface area contributed by atoms with Crippen LogP contribution in [0.1, 0.15) is 12.8 Å². The fourth-order valence-electron chi connectivity index (χ4n) is 2.66. The molecular weight excluding hydrogens is 354 g/mol. The maximum Gasteiger partial charge on any atom is 0.244 e. The predicted octanol–water partition coefficient (Wildman–Crippen LogP) is 0.824. The van der Waals surface area contributed by atoms with Crippen LogP contribution in [0.2, 0.25) is 5.02 Å². The van der Waals surface area contributed by atoms with E-state index < -0.39 is 10.0 Å². The molecule has 2 rings (SSSR count). The Bertz CT molecular complexity index is 696. The van der Waals surface area contributed by atoms with E-state index in [9.17, 15) is 13.2 Å². The van der Waals surface area contributed by atoms with E-state index in [0.717, 1.165) is 0 Å². The Labute approximate surface area is 147 Å². The molecule has 0 radical (unpaired) electrons. The summed E-state index contributed by atoms with van der Waals surface area (Å²) >= 11 is 6.07. The number of ether oxygens (including phenoxy) is 1. The molecule has 1 saturated heterocycles. The van der Waals surface area contributed by atoms with E-state index in [1.807, 2.05) is 0 Å². The Hall–Kier alpha value is -1.35. The van der Waals surface area contributed by atoms with Gasteiger partial charge in [-0.2, -0.15) is 4.31 Å². The van der Waals surface area contributed by atoms with E-state index in [4.69, 9.17) is 22.1 Å². The van der Waals surface area contributed by atoms with Gasteiger partial charge in [-0.15, -0.1) is 0 Å². The highest BCUT2D eigenvalue weighted by Crippen LogP contribution is 2.31. The zero-order valence-corrected chi connectivity index (χ0v) is 15.1. The summed E-state index contributed by atoms with van der Waals surface area (Å²) in [6.45, 7) is 1.21. The topological polar surface area (TPSA) is 102 Å². The van der Waals surface area contributed by atoms with Crippen molar-refractivity contribution in [2.24, 2.45) is 11.7 Å². The lowest BCUT2D eigenvalue weighted by atomic mass is 9.99. The first-order chi connectivity index (χ1) is 11.4. The summed E-state index contributed by atoms with van der Waals surface area (Å²) in [4.78, 5) is 12.1. The number of methoxy groups -OCH3 is 1. The van der Waals surface area contributed by atoms with Gasteiger partial charge in [-0.1, -0.05) is 11.6 Å². The molecule has 0 aromatic heterocycles. The summed E-state index contributed by atoms with van der Waals surface area (Å²) in [7, 11) is -2.34. The number of nitrogens with two attached hydrogens (primary N) is 1. The lowest BCUT2D eigenvalue weighted by Crippen LogP contribution is -2.46. The van der Waals surface area contributed by atoms with Crippen LogP contribution in [0.25, 0.3) is 0 Å². The Morgan fingerprint density at radius 2 is 2.25 bits per heavy atom.